The van der Waals surface area contributed by atoms with Crippen LogP contribution < -0.4 is 5.43 Å². The number of benzene rings is 3. The van der Waals surface area contributed by atoms with Gasteiger partial charge >= 0.3 is 0 Å². The molecule has 1 heterocycles. The first-order chi connectivity index (χ1) is 10.8. The first kappa shape index (κ1) is 12.8. The van der Waals surface area contributed by atoms with E-state index < -0.39 is 0 Å². The Bertz CT molecular complexity index is 1020. The van der Waals surface area contributed by atoms with Gasteiger partial charge in [0.2, 0.25) is 0 Å². The number of fused-ring (bicyclic) bond motifs is 2. The highest BCUT2D eigenvalue weighted by molar-refractivity contribution is 5.94. The van der Waals surface area contributed by atoms with E-state index in [1.165, 1.54) is 5.56 Å². The van der Waals surface area contributed by atoms with Crippen molar-refractivity contribution in [2.45, 2.75) is 6.42 Å². The molecule has 0 saturated heterocycles. The van der Waals surface area contributed by atoms with E-state index in [-0.39, 0.29) is 5.43 Å². The monoisotopic (exact) mass is 285 g/mol. The lowest BCUT2D eigenvalue weighted by molar-refractivity contribution is 1.21. The summed E-state index contributed by atoms with van der Waals surface area (Å²) in [5.41, 5.74) is 4.17. The molecule has 2 nitrogen and oxygen atoms in total. The highest BCUT2D eigenvalue weighted by Crippen LogP contribution is 2.20. The summed E-state index contributed by atoms with van der Waals surface area (Å²) >= 11 is 0. The number of H-pyrrole nitrogens is 1. The maximum Gasteiger partial charge on any atom is 0.197 e. The third-order valence-electron chi connectivity index (χ3n) is 4.06. The molecule has 0 aliphatic rings. The number of aromatic amines is 1. The number of aromatic nitrogens is 1. The maximum atomic E-state index is 12.9. The fraction of sp³-hybridized carbons (Fsp3) is 0.0500. The van der Waals surface area contributed by atoms with E-state index in [0.29, 0.717) is 0 Å². The van der Waals surface area contributed by atoms with Gasteiger partial charge < -0.3 is 4.98 Å². The Morgan fingerprint density at radius 3 is 2.32 bits per heavy atom. The number of pyridine rings is 1. The van der Waals surface area contributed by atoms with Crippen molar-refractivity contribution >= 4 is 21.8 Å². The Balaban J connectivity index is 2.00. The highest BCUT2D eigenvalue weighted by atomic mass is 16.1. The summed E-state index contributed by atoms with van der Waals surface area (Å²) in [6.45, 7) is 0. The molecule has 0 aliphatic carbocycles. The first-order valence-electron chi connectivity index (χ1n) is 7.39. The van der Waals surface area contributed by atoms with Gasteiger partial charge in [-0.15, -0.1) is 0 Å². The van der Waals surface area contributed by atoms with Crippen LogP contribution in [0.1, 0.15) is 11.1 Å². The number of nitrogens with one attached hydrogen (secondary N) is 1. The van der Waals surface area contributed by atoms with Gasteiger partial charge in [-0.3, -0.25) is 4.79 Å². The summed E-state index contributed by atoms with van der Waals surface area (Å²) in [4.78, 5) is 16.3. The molecule has 0 aliphatic heterocycles. The lowest BCUT2D eigenvalue weighted by Gasteiger charge is -2.08. The largest absolute Gasteiger partial charge is 0.354 e. The molecule has 0 bridgehead atoms. The summed E-state index contributed by atoms with van der Waals surface area (Å²) in [5, 5.41) is 1.54. The Morgan fingerprint density at radius 2 is 1.45 bits per heavy atom. The molecule has 0 amide bonds. The zero-order valence-electron chi connectivity index (χ0n) is 12.0. The van der Waals surface area contributed by atoms with Crippen LogP contribution in [0.3, 0.4) is 0 Å². The molecule has 4 rings (SSSR count). The van der Waals surface area contributed by atoms with Crippen molar-refractivity contribution in [3.63, 3.8) is 0 Å². The average Bonchev–Trinajstić information content (AvgIpc) is 2.56. The van der Waals surface area contributed by atoms with E-state index in [1.807, 2.05) is 60.7 Å². The van der Waals surface area contributed by atoms with Crippen molar-refractivity contribution in [3.05, 3.63) is 94.1 Å². The summed E-state index contributed by atoms with van der Waals surface area (Å²) in [7, 11) is 0. The van der Waals surface area contributed by atoms with Gasteiger partial charge in [-0.25, -0.2) is 0 Å². The van der Waals surface area contributed by atoms with Crippen LogP contribution in [0.25, 0.3) is 21.8 Å². The molecule has 1 N–H and O–H groups in total. The van der Waals surface area contributed by atoms with Crippen LogP contribution in [0.4, 0.5) is 0 Å². The molecule has 0 spiro atoms. The van der Waals surface area contributed by atoms with E-state index in [0.717, 1.165) is 33.8 Å². The molecule has 2 heteroatoms. The van der Waals surface area contributed by atoms with Crippen LogP contribution in [0.2, 0.25) is 0 Å². The van der Waals surface area contributed by atoms with Gasteiger partial charge in [-0.05, 0) is 35.7 Å². The van der Waals surface area contributed by atoms with E-state index in [2.05, 4.69) is 17.1 Å². The summed E-state index contributed by atoms with van der Waals surface area (Å²) in [6, 6.07) is 23.9. The Morgan fingerprint density at radius 1 is 0.727 bits per heavy atom. The van der Waals surface area contributed by atoms with Crippen molar-refractivity contribution in [1.82, 2.24) is 4.98 Å². The van der Waals surface area contributed by atoms with Crippen molar-refractivity contribution < 1.29 is 0 Å². The number of rotatable bonds is 2. The minimum absolute atomic E-state index is 0.107. The second kappa shape index (κ2) is 5.15. The fourth-order valence-electron chi connectivity index (χ4n) is 3.01. The predicted molar refractivity (Wildman–Crippen MR) is 91.3 cm³/mol. The van der Waals surface area contributed by atoms with Crippen LogP contribution in [-0.2, 0) is 6.42 Å². The minimum Gasteiger partial charge on any atom is -0.354 e. The van der Waals surface area contributed by atoms with Gasteiger partial charge in [0.05, 0.1) is 5.52 Å². The molecule has 1 aromatic heterocycles. The average molecular weight is 285 g/mol. The van der Waals surface area contributed by atoms with E-state index in [9.17, 15) is 4.79 Å². The molecule has 0 atom stereocenters. The minimum atomic E-state index is 0.107. The lowest BCUT2D eigenvalue weighted by Crippen LogP contribution is -2.07. The number of para-hydroxylation sites is 1. The molecule has 0 radical (unpaired) electrons. The standard InChI is InChI=1S/C20H15NO/c22-20-16-10-4-5-11-17(16)21-18-12-6-9-15(19(18)20)13-14-7-2-1-3-8-14/h1-12H,13H2,(H,21,22). The SMILES string of the molecule is O=c1c2ccccc2[nH]c2cccc(Cc3ccccc3)c12. The quantitative estimate of drug-likeness (QED) is 0.548. The van der Waals surface area contributed by atoms with Crippen LogP contribution in [0, 0.1) is 0 Å². The number of hydrogen-bond donors (Lipinski definition) is 1. The van der Waals surface area contributed by atoms with Gasteiger partial charge in [0.25, 0.3) is 0 Å². The van der Waals surface area contributed by atoms with Crippen LogP contribution in [0.15, 0.2) is 77.6 Å². The zero-order valence-corrected chi connectivity index (χ0v) is 12.0. The van der Waals surface area contributed by atoms with Gasteiger partial charge in [-0.1, -0.05) is 54.6 Å². The second-order valence-corrected chi connectivity index (χ2v) is 5.50. The smallest absolute Gasteiger partial charge is 0.197 e. The van der Waals surface area contributed by atoms with Gasteiger partial charge in [0.1, 0.15) is 0 Å². The third-order valence-corrected chi connectivity index (χ3v) is 4.06. The molecule has 22 heavy (non-hydrogen) atoms. The Labute approximate surface area is 128 Å². The van der Waals surface area contributed by atoms with E-state index >= 15 is 0 Å². The Hall–Kier alpha value is -2.87. The normalized spacial score (nSPS) is 11.1. The topological polar surface area (TPSA) is 32.9 Å². The molecule has 0 unspecified atom stereocenters. The molecular formula is C20H15NO. The van der Waals surface area contributed by atoms with E-state index in [1.54, 1.807) is 0 Å². The van der Waals surface area contributed by atoms with Crippen molar-refractivity contribution in [2.75, 3.05) is 0 Å². The Kier molecular flexibility index (Phi) is 3.01. The van der Waals surface area contributed by atoms with Crippen molar-refractivity contribution in [2.24, 2.45) is 0 Å². The molecule has 4 aromatic rings. The lowest BCUT2D eigenvalue weighted by atomic mass is 9.99. The van der Waals surface area contributed by atoms with Crippen molar-refractivity contribution in [1.29, 1.82) is 0 Å². The zero-order chi connectivity index (χ0) is 14.9. The van der Waals surface area contributed by atoms with Gasteiger partial charge in [-0.2, -0.15) is 0 Å². The molecular weight excluding hydrogens is 270 g/mol. The fourth-order valence-corrected chi connectivity index (χ4v) is 3.01. The molecule has 3 aromatic carbocycles. The number of hydrogen-bond acceptors (Lipinski definition) is 1. The summed E-state index contributed by atoms with van der Waals surface area (Å²) < 4.78 is 0. The van der Waals surface area contributed by atoms with Crippen LogP contribution in [-0.4, -0.2) is 4.98 Å². The molecule has 0 saturated carbocycles. The third kappa shape index (κ3) is 2.09. The second-order valence-electron chi connectivity index (χ2n) is 5.50. The van der Waals surface area contributed by atoms with Crippen molar-refractivity contribution in [3.8, 4) is 0 Å². The highest BCUT2D eigenvalue weighted by Gasteiger charge is 2.09. The summed E-state index contributed by atoms with van der Waals surface area (Å²) in [5.74, 6) is 0. The van der Waals surface area contributed by atoms with Gasteiger partial charge in [0, 0.05) is 16.3 Å². The van der Waals surface area contributed by atoms with Crippen LogP contribution >= 0.6 is 0 Å². The molecule has 0 fully saturated rings. The predicted octanol–water partition coefficient (Wildman–Crippen LogP) is 4.27. The molecule has 106 valence electrons. The first-order valence-corrected chi connectivity index (χ1v) is 7.39. The summed E-state index contributed by atoms with van der Waals surface area (Å²) in [6.07, 6.45) is 0.763. The van der Waals surface area contributed by atoms with Crippen LogP contribution in [0.5, 0.6) is 0 Å². The maximum absolute atomic E-state index is 12.9. The van der Waals surface area contributed by atoms with Gasteiger partial charge in [0.15, 0.2) is 5.43 Å². The van der Waals surface area contributed by atoms with E-state index in [4.69, 9.17) is 0 Å².